The monoisotopic (exact) mass is 331 g/mol. The van der Waals surface area contributed by atoms with E-state index in [-0.39, 0.29) is 12.1 Å². The summed E-state index contributed by atoms with van der Waals surface area (Å²) in [5.74, 6) is -3.09. The molecular weight excluding hydrogens is 320 g/mol. The number of nitrogens with zero attached hydrogens (tertiary/aromatic N) is 3. The average Bonchev–Trinajstić information content (AvgIpc) is 3.00. The third kappa shape index (κ3) is 3.35. The zero-order valence-electron chi connectivity index (χ0n) is 12.2. The summed E-state index contributed by atoms with van der Waals surface area (Å²) >= 11 is 0. The van der Waals surface area contributed by atoms with E-state index >= 15 is 0 Å². The number of fused-ring (bicyclic) bond motifs is 1. The molecular formula is C15H11F2N5O2. The zero-order chi connectivity index (χ0) is 17.1. The summed E-state index contributed by atoms with van der Waals surface area (Å²) in [5.41, 5.74) is 0.762. The number of pyridine rings is 1. The van der Waals surface area contributed by atoms with Gasteiger partial charge in [0.05, 0.1) is 17.8 Å². The number of carbonyl (C=O) groups is 2. The molecule has 24 heavy (non-hydrogen) atoms. The van der Waals surface area contributed by atoms with E-state index in [9.17, 15) is 18.4 Å². The van der Waals surface area contributed by atoms with Gasteiger partial charge in [-0.2, -0.15) is 0 Å². The lowest BCUT2D eigenvalue weighted by atomic mass is 10.2. The van der Waals surface area contributed by atoms with Crippen LogP contribution in [-0.4, -0.2) is 33.0 Å². The molecule has 0 saturated carbocycles. The molecule has 3 aromatic rings. The molecule has 9 heteroatoms. The molecule has 3 rings (SSSR count). The standard InChI is InChI=1S/C15H11F2N5O2/c16-9-1-3-11(12(17)5-9)15(24)18-6-14(23)20-10-2-4-13-21-19-8-22(13)7-10/h1-5,7-8H,6H2,(H,18,24)(H,20,23). The van der Waals surface area contributed by atoms with Gasteiger partial charge in [0.15, 0.2) is 5.65 Å². The Kier molecular flexibility index (Phi) is 4.15. The number of hydrogen-bond donors (Lipinski definition) is 2. The zero-order valence-corrected chi connectivity index (χ0v) is 12.2. The van der Waals surface area contributed by atoms with E-state index in [1.165, 1.54) is 6.33 Å². The number of benzene rings is 1. The Morgan fingerprint density at radius 1 is 1.17 bits per heavy atom. The topological polar surface area (TPSA) is 88.4 Å². The highest BCUT2D eigenvalue weighted by atomic mass is 19.1. The Morgan fingerprint density at radius 3 is 2.79 bits per heavy atom. The van der Waals surface area contributed by atoms with Crippen LogP contribution < -0.4 is 10.6 Å². The summed E-state index contributed by atoms with van der Waals surface area (Å²) in [5, 5.41) is 12.4. The maximum Gasteiger partial charge on any atom is 0.254 e. The highest BCUT2D eigenvalue weighted by Gasteiger charge is 2.13. The predicted octanol–water partition coefficient (Wildman–Crippen LogP) is 1.38. The van der Waals surface area contributed by atoms with Gasteiger partial charge in [-0.3, -0.25) is 14.0 Å². The minimum atomic E-state index is -0.994. The molecule has 0 saturated heterocycles. The largest absolute Gasteiger partial charge is 0.343 e. The molecule has 1 aromatic carbocycles. The lowest BCUT2D eigenvalue weighted by molar-refractivity contribution is -0.115. The van der Waals surface area contributed by atoms with Crippen molar-refractivity contribution in [3.8, 4) is 0 Å². The lowest BCUT2D eigenvalue weighted by Crippen LogP contribution is -2.33. The first-order valence-corrected chi connectivity index (χ1v) is 6.85. The van der Waals surface area contributed by atoms with Crippen molar-refractivity contribution in [2.45, 2.75) is 0 Å². The molecule has 0 aliphatic rings. The van der Waals surface area contributed by atoms with Crippen LogP contribution in [0, 0.1) is 11.6 Å². The summed E-state index contributed by atoms with van der Waals surface area (Å²) < 4.78 is 27.9. The first-order chi connectivity index (χ1) is 11.5. The van der Waals surface area contributed by atoms with E-state index in [0.29, 0.717) is 17.4 Å². The molecule has 0 bridgehead atoms. The van der Waals surface area contributed by atoms with E-state index in [2.05, 4.69) is 20.8 Å². The fourth-order valence-corrected chi connectivity index (χ4v) is 2.04. The van der Waals surface area contributed by atoms with Crippen molar-refractivity contribution >= 4 is 23.1 Å². The van der Waals surface area contributed by atoms with Crippen molar-refractivity contribution in [3.63, 3.8) is 0 Å². The van der Waals surface area contributed by atoms with Crippen LogP contribution in [0.25, 0.3) is 5.65 Å². The van der Waals surface area contributed by atoms with Crippen LogP contribution in [0.1, 0.15) is 10.4 Å². The second-order valence-electron chi connectivity index (χ2n) is 4.87. The summed E-state index contributed by atoms with van der Waals surface area (Å²) in [4.78, 5) is 23.6. The minimum absolute atomic E-state index is 0.338. The van der Waals surface area contributed by atoms with Gasteiger partial charge in [0, 0.05) is 12.3 Å². The normalized spacial score (nSPS) is 10.6. The molecule has 0 aliphatic heterocycles. The maximum absolute atomic E-state index is 13.5. The smallest absolute Gasteiger partial charge is 0.254 e. The number of amides is 2. The molecule has 0 unspecified atom stereocenters. The third-order valence-electron chi connectivity index (χ3n) is 3.16. The molecule has 0 aliphatic carbocycles. The van der Waals surface area contributed by atoms with Gasteiger partial charge >= 0.3 is 0 Å². The number of rotatable bonds is 4. The molecule has 2 aromatic heterocycles. The molecule has 0 radical (unpaired) electrons. The van der Waals surface area contributed by atoms with Gasteiger partial charge in [-0.1, -0.05) is 0 Å². The number of nitrogens with one attached hydrogen (secondary N) is 2. The van der Waals surface area contributed by atoms with E-state index in [0.717, 1.165) is 12.1 Å². The maximum atomic E-state index is 13.5. The van der Waals surface area contributed by atoms with Crippen molar-refractivity contribution < 1.29 is 18.4 Å². The fourth-order valence-electron chi connectivity index (χ4n) is 2.04. The van der Waals surface area contributed by atoms with Crippen LogP contribution in [0.3, 0.4) is 0 Å². The van der Waals surface area contributed by atoms with Gasteiger partial charge in [0.1, 0.15) is 18.0 Å². The van der Waals surface area contributed by atoms with Crippen LogP contribution in [-0.2, 0) is 4.79 Å². The number of hydrogen-bond acceptors (Lipinski definition) is 4. The Labute approximate surface area is 134 Å². The second kappa shape index (κ2) is 6.41. The van der Waals surface area contributed by atoms with Gasteiger partial charge in [-0.05, 0) is 24.3 Å². The van der Waals surface area contributed by atoms with Crippen molar-refractivity contribution in [2.75, 3.05) is 11.9 Å². The molecule has 0 atom stereocenters. The first kappa shape index (κ1) is 15.5. The number of carbonyl (C=O) groups excluding carboxylic acids is 2. The van der Waals surface area contributed by atoms with E-state index < -0.39 is 23.4 Å². The van der Waals surface area contributed by atoms with Gasteiger partial charge < -0.3 is 10.6 Å². The van der Waals surface area contributed by atoms with Crippen molar-refractivity contribution in [3.05, 3.63) is 60.1 Å². The average molecular weight is 331 g/mol. The summed E-state index contributed by atoms with van der Waals surface area (Å²) in [6, 6.07) is 5.87. The third-order valence-corrected chi connectivity index (χ3v) is 3.16. The Morgan fingerprint density at radius 2 is 2.00 bits per heavy atom. The second-order valence-corrected chi connectivity index (χ2v) is 4.87. The SMILES string of the molecule is O=C(CNC(=O)c1ccc(F)cc1F)Nc1ccc2nncn2c1. The first-order valence-electron chi connectivity index (χ1n) is 6.85. The van der Waals surface area contributed by atoms with Crippen LogP contribution in [0.5, 0.6) is 0 Å². The van der Waals surface area contributed by atoms with Gasteiger partial charge in [0.25, 0.3) is 5.91 Å². The molecule has 0 spiro atoms. The molecule has 7 nitrogen and oxygen atoms in total. The van der Waals surface area contributed by atoms with Crippen molar-refractivity contribution in [1.82, 2.24) is 19.9 Å². The Balaban J connectivity index is 1.59. The van der Waals surface area contributed by atoms with E-state index in [4.69, 9.17) is 0 Å². The van der Waals surface area contributed by atoms with Crippen molar-refractivity contribution in [2.24, 2.45) is 0 Å². The van der Waals surface area contributed by atoms with Gasteiger partial charge in [-0.15, -0.1) is 10.2 Å². The Bertz CT molecular complexity index is 925. The van der Waals surface area contributed by atoms with E-state index in [1.807, 2.05) is 0 Å². The molecule has 2 heterocycles. The fraction of sp³-hybridized carbons (Fsp3) is 0.0667. The van der Waals surface area contributed by atoms with Crippen LogP contribution in [0.4, 0.5) is 14.5 Å². The number of anilines is 1. The van der Waals surface area contributed by atoms with Crippen LogP contribution in [0.15, 0.2) is 42.9 Å². The number of halogens is 2. The van der Waals surface area contributed by atoms with Crippen molar-refractivity contribution in [1.29, 1.82) is 0 Å². The summed E-state index contributed by atoms with van der Waals surface area (Å²) in [7, 11) is 0. The summed E-state index contributed by atoms with van der Waals surface area (Å²) in [6.07, 6.45) is 3.08. The molecule has 2 amide bonds. The highest BCUT2D eigenvalue weighted by molar-refractivity contribution is 5.99. The molecule has 2 N–H and O–H groups in total. The van der Waals surface area contributed by atoms with Gasteiger partial charge in [0.2, 0.25) is 5.91 Å². The van der Waals surface area contributed by atoms with Crippen LogP contribution >= 0.6 is 0 Å². The Hall–Kier alpha value is -3.36. The minimum Gasteiger partial charge on any atom is -0.343 e. The molecule has 0 fully saturated rings. The number of aromatic nitrogens is 3. The molecule has 122 valence electrons. The quantitative estimate of drug-likeness (QED) is 0.756. The predicted molar refractivity (Wildman–Crippen MR) is 80.3 cm³/mol. The van der Waals surface area contributed by atoms with Gasteiger partial charge in [-0.25, -0.2) is 8.78 Å². The van der Waals surface area contributed by atoms with E-state index in [1.54, 1.807) is 22.7 Å². The highest BCUT2D eigenvalue weighted by Crippen LogP contribution is 2.10. The van der Waals surface area contributed by atoms with Crippen LogP contribution in [0.2, 0.25) is 0 Å². The lowest BCUT2D eigenvalue weighted by Gasteiger charge is -2.08. The summed E-state index contributed by atoms with van der Waals surface area (Å²) in [6.45, 7) is -0.365.